The molecule has 94 valence electrons. The van der Waals surface area contributed by atoms with Gasteiger partial charge in [-0.05, 0) is 42.0 Å². The molecule has 1 unspecified atom stereocenters. The van der Waals surface area contributed by atoms with Gasteiger partial charge in [0, 0.05) is 16.4 Å². The van der Waals surface area contributed by atoms with Crippen molar-refractivity contribution in [2.75, 3.05) is 19.9 Å². The van der Waals surface area contributed by atoms with E-state index < -0.39 is 5.54 Å². The minimum Gasteiger partial charge on any atom is -0.468 e. The molecule has 1 rings (SSSR count). The predicted octanol–water partition coefficient (Wildman–Crippen LogP) is 2.09. The number of esters is 1. The molecule has 0 aromatic carbocycles. The topological polar surface area (TPSA) is 51.2 Å². The number of hydrogen-bond acceptors (Lipinski definition) is 5. The standard InChI is InChI=1S/C11H15BrN2O2S/c1-11(13-2,10(15)16-3)7-17-9-5-4-8(12)6-14-9/h4-6,13H,7H2,1-3H3. The van der Waals surface area contributed by atoms with Crippen molar-refractivity contribution in [1.29, 1.82) is 0 Å². The van der Waals surface area contributed by atoms with Gasteiger partial charge in [-0.15, -0.1) is 11.8 Å². The zero-order valence-electron chi connectivity index (χ0n) is 9.99. The average Bonchev–Trinajstić information content (AvgIpc) is 2.36. The highest BCUT2D eigenvalue weighted by atomic mass is 79.9. The highest BCUT2D eigenvalue weighted by molar-refractivity contribution is 9.10. The van der Waals surface area contributed by atoms with E-state index in [1.165, 1.54) is 18.9 Å². The Hall–Kier alpha value is -0.590. The lowest BCUT2D eigenvalue weighted by atomic mass is 10.1. The molecule has 0 aliphatic rings. The van der Waals surface area contributed by atoms with Crippen molar-refractivity contribution in [3.05, 3.63) is 22.8 Å². The molecule has 1 aromatic heterocycles. The Morgan fingerprint density at radius 2 is 2.35 bits per heavy atom. The summed E-state index contributed by atoms with van der Waals surface area (Å²) in [5, 5.41) is 3.85. The fraction of sp³-hybridized carbons (Fsp3) is 0.455. The second-order valence-corrected chi connectivity index (χ2v) is 5.59. The van der Waals surface area contributed by atoms with Crippen molar-refractivity contribution < 1.29 is 9.53 Å². The number of methoxy groups -OCH3 is 1. The summed E-state index contributed by atoms with van der Waals surface area (Å²) in [5.41, 5.74) is -0.700. The Balaban J connectivity index is 2.65. The lowest BCUT2D eigenvalue weighted by Crippen LogP contribution is -2.50. The second kappa shape index (κ2) is 6.37. The molecule has 0 radical (unpaired) electrons. The van der Waals surface area contributed by atoms with Crippen molar-refractivity contribution in [3.63, 3.8) is 0 Å². The molecule has 0 saturated heterocycles. The van der Waals surface area contributed by atoms with Gasteiger partial charge in [-0.3, -0.25) is 4.79 Å². The van der Waals surface area contributed by atoms with Crippen LogP contribution < -0.4 is 5.32 Å². The van der Waals surface area contributed by atoms with E-state index in [0.717, 1.165) is 9.50 Å². The maximum absolute atomic E-state index is 11.6. The number of carbonyl (C=O) groups excluding carboxylic acids is 1. The summed E-state index contributed by atoms with van der Waals surface area (Å²) in [6.45, 7) is 1.81. The van der Waals surface area contributed by atoms with Crippen LogP contribution >= 0.6 is 27.7 Å². The molecule has 4 nitrogen and oxygen atoms in total. The Labute approximate surface area is 114 Å². The van der Waals surface area contributed by atoms with E-state index in [2.05, 4.69) is 26.2 Å². The molecule has 1 heterocycles. The number of ether oxygens (including phenoxy) is 1. The Bertz CT molecular complexity index is 386. The van der Waals surface area contributed by atoms with E-state index in [9.17, 15) is 4.79 Å². The number of aromatic nitrogens is 1. The molecule has 1 atom stereocenters. The molecule has 1 aromatic rings. The first kappa shape index (κ1) is 14.5. The molecule has 1 N–H and O–H groups in total. The van der Waals surface area contributed by atoms with Gasteiger partial charge < -0.3 is 10.1 Å². The van der Waals surface area contributed by atoms with Gasteiger partial charge in [-0.2, -0.15) is 0 Å². The van der Waals surface area contributed by atoms with Crippen molar-refractivity contribution in [1.82, 2.24) is 10.3 Å². The van der Waals surface area contributed by atoms with Crippen LogP contribution in [-0.4, -0.2) is 36.4 Å². The zero-order chi connectivity index (χ0) is 12.9. The van der Waals surface area contributed by atoms with Crippen molar-refractivity contribution in [3.8, 4) is 0 Å². The number of thioether (sulfide) groups is 1. The maximum atomic E-state index is 11.6. The van der Waals surface area contributed by atoms with E-state index in [1.54, 1.807) is 13.2 Å². The number of pyridine rings is 1. The van der Waals surface area contributed by atoms with Crippen LogP contribution in [0.5, 0.6) is 0 Å². The van der Waals surface area contributed by atoms with Gasteiger partial charge in [0.25, 0.3) is 0 Å². The van der Waals surface area contributed by atoms with E-state index in [4.69, 9.17) is 4.74 Å². The van der Waals surface area contributed by atoms with Gasteiger partial charge in [0.15, 0.2) is 0 Å². The fourth-order valence-electron chi connectivity index (χ4n) is 1.12. The van der Waals surface area contributed by atoms with Crippen molar-refractivity contribution in [2.45, 2.75) is 17.5 Å². The molecule has 0 fully saturated rings. The number of likely N-dealkylation sites (N-methyl/N-ethyl adjacent to an activating group) is 1. The lowest BCUT2D eigenvalue weighted by molar-refractivity contribution is -0.146. The van der Waals surface area contributed by atoms with Crippen LogP contribution in [0.2, 0.25) is 0 Å². The third-order valence-electron chi connectivity index (χ3n) is 2.40. The first-order chi connectivity index (χ1) is 8.01. The quantitative estimate of drug-likeness (QED) is 0.665. The number of carbonyl (C=O) groups is 1. The second-order valence-electron chi connectivity index (χ2n) is 3.68. The Morgan fingerprint density at radius 1 is 1.65 bits per heavy atom. The molecular formula is C11H15BrN2O2S. The normalized spacial score (nSPS) is 14.1. The third-order valence-corrected chi connectivity index (χ3v) is 4.12. The summed E-state index contributed by atoms with van der Waals surface area (Å²) in [7, 11) is 3.13. The van der Waals surface area contributed by atoms with Gasteiger partial charge in [0.1, 0.15) is 5.54 Å². The fourth-order valence-corrected chi connectivity index (χ4v) is 2.35. The van der Waals surface area contributed by atoms with Crippen molar-refractivity contribution in [2.24, 2.45) is 0 Å². The van der Waals surface area contributed by atoms with Crippen LogP contribution in [0.25, 0.3) is 0 Å². The number of rotatable bonds is 5. The van der Waals surface area contributed by atoms with Gasteiger partial charge >= 0.3 is 5.97 Å². The Kier molecular flexibility index (Phi) is 5.42. The van der Waals surface area contributed by atoms with E-state index in [-0.39, 0.29) is 5.97 Å². The molecule has 0 saturated carbocycles. The molecule has 6 heteroatoms. The molecule has 17 heavy (non-hydrogen) atoms. The largest absolute Gasteiger partial charge is 0.468 e. The third kappa shape index (κ3) is 3.97. The highest BCUT2D eigenvalue weighted by Gasteiger charge is 2.32. The average molecular weight is 319 g/mol. The van der Waals surface area contributed by atoms with Crippen molar-refractivity contribution >= 4 is 33.7 Å². The van der Waals surface area contributed by atoms with Crippen LogP contribution in [0, 0.1) is 0 Å². The van der Waals surface area contributed by atoms with E-state index in [1.807, 2.05) is 19.1 Å². The molecule has 0 aliphatic heterocycles. The first-order valence-electron chi connectivity index (χ1n) is 5.03. The van der Waals surface area contributed by atoms with Crippen LogP contribution in [0.1, 0.15) is 6.92 Å². The molecule has 0 amide bonds. The van der Waals surface area contributed by atoms with Gasteiger partial charge in [0.05, 0.1) is 12.1 Å². The van der Waals surface area contributed by atoms with Gasteiger partial charge in [0.2, 0.25) is 0 Å². The minimum atomic E-state index is -0.700. The first-order valence-corrected chi connectivity index (χ1v) is 6.81. The number of nitrogens with one attached hydrogen (secondary N) is 1. The molecule has 0 bridgehead atoms. The Morgan fingerprint density at radius 3 is 2.82 bits per heavy atom. The monoisotopic (exact) mass is 318 g/mol. The van der Waals surface area contributed by atoms with Crippen LogP contribution in [0.4, 0.5) is 0 Å². The summed E-state index contributed by atoms with van der Waals surface area (Å²) in [6.07, 6.45) is 1.73. The highest BCUT2D eigenvalue weighted by Crippen LogP contribution is 2.22. The van der Waals surface area contributed by atoms with Crippen LogP contribution in [0.15, 0.2) is 27.8 Å². The number of nitrogens with zero attached hydrogens (tertiary/aromatic N) is 1. The lowest BCUT2D eigenvalue weighted by Gasteiger charge is -2.25. The maximum Gasteiger partial charge on any atom is 0.326 e. The van der Waals surface area contributed by atoms with Gasteiger partial charge in [-0.1, -0.05) is 0 Å². The SMILES string of the molecule is CNC(C)(CSc1ccc(Br)cn1)C(=O)OC. The predicted molar refractivity (Wildman–Crippen MR) is 72.1 cm³/mol. The molecular weight excluding hydrogens is 304 g/mol. The van der Waals surface area contributed by atoms with Crippen LogP contribution in [0.3, 0.4) is 0 Å². The minimum absolute atomic E-state index is 0.274. The summed E-state index contributed by atoms with van der Waals surface area (Å²) < 4.78 is 5.71. The summed E-state index contributed by atoms with van der Waals surface area (Å²) in [4.78, 5) is 15.9. The number of hydrogen-bond donors (Lipinski definition) is 1. The van der Waals surface area contributed by atoms with Gasteiger partial charge in [-0.25, -0.2) is 4.98 Å². The summed E-state index contributed by atoms with van der Waals surface area (Å²) >= 11 is 4.83. The smallest absolute Gasteiger partial charge is 0.326 e. The summed E-state index contributed by atoms with van der Waals surface area (Å²) in [6, 6.07) is 3.83. The van der Waals surface area contributed by atoms with E-state index in [0.29, 0.717) is 5.75 Å². The number of halogens is 1. The van der Waals surface area contributed by atoms with Crippen LogP contribution in [-0.2, 0) is 9.53 Å². The van der Waals surface area contributed by atoms with E-state index >= 15 is 0 Å². The molecule has 0 spiro atoms. The molecule has 0 aliphatic carbocycles. The zero-order valence-corrected chi connectivity index (χ0v) is 12.4. The summed E-state index contributed by atoms with van der Waals surface area (Å²) in [5.74, 6) is 0.287.